The molecule has 0 bridgehead atoms. The largest absolute Gasteiger partial charge is 0.330 e. The van der Waals surface area contributed by atoms with Crippen LogP contribution in [0, 0.1) is 13.8 Å². The molecule has 0 fully saturated rings. The minimum atomic E-state index is -0.0361. The number of halogens is 1. The van der Waals surface area contributed by atoms with Crippen molar-refractivity contribution < 1.29 is 4.79 Å². The molecule has 0 aliphatic heterocycles. The molecule has 15 heavy (non-hydrogen) atoms. The lowest BCUT2D eigenvalue weighted by molar-refractivity contribution is -0.116. The van der Waals surface area contributed by atoms with E-state index < -0.39 is 0 Å². The Hall–Kier alpha value is -0.870. The summed E-state index contributed by atoms with van der Waals surface area (Å²) in [7, 11) is 0. The van der Waals surface area contributed by atoms with E-state index in [4.69, 9.17) is 5.73 Å². The highest BCUT2D eigenvalue weighted by atomic mass is 79.9. The molecule has 0 aromatic heterocycles. The van der Waals surface area contributed by atoms with Crippen LogP contribution in [0.25, 0.3) is 0 Å². The molecule has 82 valence electrons. The second-order valence-corrected chi connectivity index (χ2v) is 4.42. The lowest BCUT2D eigenvalue weighted by Gasteiger charge is -2.11. The van der Waals surface area contributed by atoms with Crippen molar-refractivity contribution in [3.05, 3.63) is 27.7 Å². The van der Waals surface area contributed by atoms with Crippen molar-refractivity contribution in [1.29, 1.82) is 0 Å². The van der Waals surface area contributed by atoms with Gasteiger partial charge in [-0.3, -0.25) is 4.79 Å². The molecule has 0 aliphatic rings. The van der Waals surface area contributed by atoms with Crippen molar-refractivity contribution in [2.24, 2.45) is 5.73 Å². The van der Waals surface area contributed by atoms with E-state index in [1.807, 2.05) is 26.0 Å². The molecule has 0 spiro atoms. The summed E-state index contributed by atoms with van der Waals surface area (Å²) >= 11 is 3.41. The first-order valence-corrected chi connectivity index (χ1v) is 5.60. The summed E-state index contributed by atoms with van der Waals surface area (Å²) in [6.07, 6.45) is 0.356. The van der Waals surface area contributed by atoms with E-state index in [0.29, 0.717) is 13.0 Å². The van der Waals surface area contributed by atoms with Crippen LogP contribution >= 0.6 is 15.9 Å². The summed E-state index contributed by atoms with van der Waals surface area (Å²) in [5.74, 6) is -0.0361. The van der Waals surface area contributed by atoms with E-state index in [1.54, 1.807) is 0 Å². The molecule has 4 heteroatoms. The van der Waals surface area contributed by atoms with Crippen LogP contribution in [0.1, 0.15) is 17.5 Å². The zero-order valence-corrected chi connectivity index (χ0v) is 10.5. The predicted octanol–water partition coefficient (Wildman–Crippen LogP) is 2.35. The van der Waals surface area contributed by atoms with Crippen LogP contribution < -0.4 is 11.1 Å². The van der Waals surface area contributed by atoms with Crippen LogP contribution in [0.2, 0.25) is 0 Å². The Bertz CT molecular complexity index is 354. The van der Waals surface area contributed by atoms with Gasteiger partial charge in [-0.25, -0.2) is 0 Å². The minimum absolute atomic E-state index is 0.0361. The third kappa shape index (κ3) is 3.32. The Labute approximate surface area is 98.2 Å². The monoisotopic (exact) mass is 270 g/mol. The Morgan fingerprint density at radius 3 is 2.40 bits per heavy atom. The number of nitrogens with two attached hydrogens (primary N) is 1. The number of carbonyl (C=O) groups excluding carboxylic acids is 1. The van der Waals surface area contributed by atoms with Crippen LogP contribution in [-0.2, 0) is 4.79 Å². The quantitative estimate of drug-likeness (QED) is 0.886. The maximum Gasteiger partial charge on any atom is 0.225 e. The molecule has 3 N–H and O–H groups in total. The zero-order chi connectivity index (χ0) is 11.4. The van der Waals surface area contributed by atoms with Crippen molar-refractivity contribution in [2.45, 2.75) is 20.3 Å². The number of carbonyl (C=O) groups is 1. The van der Waals surface area contributed by atoms with Gasteiger partial charge in [0.2, 0.25) is 5.91 Å². The molecule has 0 saturated heterocycles. The molecular formula is C11H15BrN2O. The third-order valence-corrected chi connectivity index (χ3v) is 2.59. The number of rotatable bonds is 3. The topological polar surface area (TPSA) is 55.1 Å². The Balaban J connectivity index is 2.90. The first kappa shape index (κ1) is 12.2. The summed E-state index contributed by atoms with van der Waals surface area (Å²) < 4.78 is 1.02. The molecule has 0 radical (unpaired) electrons. The fourth-order valence-corrected chi connectivity index (χ4v) is 2.13. The second-order valence-electron chi connectivity index (χ2n) is 3.50. The summed E-state index contributed by atoms with van der Waals surface area (Å²) in [6, 6.07) is 3.95. The zero-order valence-electron chi connectivity index (χ0n) is 8.93. The number of hydrogen-bond donors (Lipinski definition) is 2. The van der Waals surface area contributed by atoms with Gasteiger partial charge >= 0.3 is 0 Å². The van der Waals surface area contributed by atoms with Crippen molar-refractivity contribution >= 4 is 27.5 Å². The second kappa shape index (κ2) is 5.28. The van der Waals surface area contributed by atoms with Gasteiger partial charge in [0.25, 0.3) is 0 Å². The number of amides is 1. The lowest BCUT2D eigenvalue weighted by Crippen LogP contribution is -2.17. The normalized spacial score (nSPS) is 10.1. The van der Waals surface area contributed by atoms with E-state index in [2.05, 4.69) is 21.2 Å². The maximum absolute atomic E-state index is 11.4. The van der Waals surface area contributed by atoms with Crippen LogP contribution in [0.15, 0.2) is 16.6 Å². The van der Waals surface area contributed by atoms with Crippen LogP contribution in [0.3, 0.4) is 0 Å². The highest BCUT2D eigenvalue weighted by Crippen LogP contribution is 2.25. The highest BCUT2D eigenvalue weighted by molar-refractivity contribution is 9.10. The molecular weight excluding hydrogens is 256 g/mol. The highest BCUT2D eigenvalue weighted by Gasteiger charge is 2.07. The van der Waals surface area contributed by atoms with Gasteiger partial charge in [0, 0.05) is 23.1 Å². The van der Waals surface area contributed by atoms with E-state index >= 15 is 0 Å². The molecule has 1 aromatic rings. The fourth-order valence-electron chi connectivity index (χ4n) is 1.44. The van der Waals surface area contributed by atoms with Gasteiger partial charge in [-0.05, 0) is 37.1 Å². The van der Waals surface area contributed by atoms with Gasteiger partial charge in [-0.1, -0.05) is 15.9 Å². The Morgan fingerprint density at radius 1 is 1.40 bits per heavy atom. The molecule has 3 nitrogen and oxygen atoms in total. The van der Waals surface area contributed by atoms with Crippen molar-refractivity contribution in [1.82, 2.24) is 0 Å². The van der Waals surface area contributed by atoms with E-state index in [0.717, 1.165) is 21.3 Å². The number of anilines is 1. The Morgan fingerprint density at radius 2 is 1.93 bits per heavy atom. The molecule has 1 aromatic carbocycles. The van der Waals surface area contributed by atoms with Gasteiger partial charge in [0.1, 0.15) is 0 Å². The van der Waals surface area contributed by atoms with Gasteiger partial charge in [0.15, 0.2) is 0 Å². The van der Waals surface area contributed by atoms with E-state index in [-0.39, 0.29) is 5.91 Å². The van der Waals surface area contributed by atoms with Gasteiger partial charge in [-0.15, -0.1) is 0 Å². The summed E-state index contributed by atoms with van der Waals surface area (Å²) in [6.45, 7) is 4.31. The summed E-state index contributed by atoms with van der Waals surface area (Å²) in [5, 5.41) is 2.87. The van der Waals surface area contributed by atoms with Crippen molar-refractivity contribution in [2.75, 3.05) is 11.9 Å². The summed E-state index contributed by atoms with van der Waals surface area (Å²) in [4.78, 5) is 11.4. The average molecular weight is 271 g/mol. The predicted molar refractivity (Wildman–Crippen MR) is 65.9 cm³/mol. The average Bonchev–Trinajstić information content (AvgIpc) is 2.11. The van der Waals surface area contributed by atoms with E-state index in [9.17, 15) is 4.79 Å². The molecule has 0 saturated carbocycles. The van der Waals surface area contributed by atoms with Crippen LogP contribution in [-0.4, -0.2) is 12.5 Å². The van der Waals surface area contributed by atoms with Gasteiger partial charge in [-0.2, -0.15) is 0 Å². The molecule has 1 amide bonds. The lowest BCUT2D eigenvalue weighted by atomic mass is 10.1. The van der Waals surface area contributed by atoms with Crippen LogP contribution in [0.4, 0.5) is 5.69 Å². The Kier molecular flexibility index (Phi) is 4.29. The van der Waals surface area contributed by atoms with Gasteiger partial charge < -0.3 is 11.1 Å². The maximum atomic E-state index is 11.4. The molecule has 1 rings (SSSR count). The fraction of sp³-hybridized carbons (Fsp3) is 0.364. The van der Waals surface area contributed by atoms with Crippen LogP contribution in [0.5, 0.6) is 0 Å². The minimum Gasteiger partial charge on any atom is -0.330 e. The SMILES string of the molecule is Cc1cc(Br)cc(C)c1NC(=O)CCN. The number of nitrogens with one attached hydrogen (secondary N) is 1. The molecule has 0 atom stereocenters. The van der Waals surface area contributed by atoms with E-state index in [1.165, 1.54) is 0 Å². The van der Waals surface area contributed by atoms with Crippen molar-refractivity contribution in [3.63, 3.8) is 0 Å². The first-order chi connectivity index (χ1) is 7.04. The van der Waals surface area contributed by atoms with Crippen molar-refractivity contribution in [3.8, 4) is 0 Å². The number of benzene rings is 1. The first-order valence-electron chi connectivity index (χ1n) is 4.81. The summed E-state index contributed by atoms with van der Waals surface area (Å²) in [5.41, 5.74) is 8.30. The number of aryl methyl sites for hydroxylation is 2. The molecule has 0 unspecified atom stereocenters. The smallest absolute Gasteiger partial charge is 0.225 e. The molecule has 0 heterocycles. The third-order valence-electron chi connectivity index (χ3n) is 2.13. The standard InChI is InChI=1S/C11H15BrN2O/c1-7-5-9(12)6-8(2)11(7)14-10(15)3-4-13/h5-6H,3-4,13H2,1-2H3,(H,14,15). The van der Waals surface area contributed by atoms with Gasteiger partial charge in [0.05, 0.1) is 0 Å². The molecule has 0 aliphatic carbocycles. The number of hydrogen-bond acceptors (Lipinski definition) is 2.